The number of aryl methyl sites for hydroxylation is 1. The number of aromatic nitrogens is 4. The molecule has 2 aromatic heterocycles. The Labute approximate surface area is 105 Å². The van der Waals surface area contributed by atoms with Crippen LogP contribution >= 0.6 is 0 Å². The van der Waals surface area contributed by atoms with Crippen molar-refractivity contribution in [2.75, 3.05) is 5.32 Å². The minimum absolute atomic E-state index is 0.141. The quantitative estimate of drug-likeness (QED) is 0.864. The number of nitrogens with one attached hydrogen (secondary N) is 2. The van der Waals surface area contributed by atoms with Gasteiger partial charge in [0.05, 0.1) is 11.4 Å². The van der Waals surface area contributed by atoms with Crippen LogP contribution < -0.4 is 5.32 Å². The van der Waals surface area contributed by atoms with E-state index in [1.165, 1.54) is 0 Å². The van der Waals surface area contributed by atoms with E-state index >= 15 is 0 Å². The van der Waals surface area contributed by atoms with Gasteiger partial charge in [-0.2, -0.15) is 0 Å². The van der Waals surface area contributed by atoms with Crippen molar-refractivity contribution < 1.29 is 4.79 Å². The van der Waals surface area contributed by atoms with Crippen LogP contribution in [0.25, 0.3) is 0 Å². The summed E-state index contributed by atoms with van der Waals surface area (Å²) in [5.41, 5.74) is 1.42. The van der Waals surface area contributed by atoms with Crippen LogP contribution in [0.15, 0.2) is 18.3 Å². The van der Waals surface area contributed by atoms with Crippen molar-refractivity contribution in [1.29, 1.82) is 0 Å². The molecule has 0 saturated carbocycles. The lowest BCUT2D eigenvalue weighted by Crippen LogP contribution is -2.15. The lowest BCUT2D eigenvalue weighted by atomic mass is 10.2. The molecule has 0 spiro atoms. The van der Waals surface area contributed by atoms with Gasteiger partial charge in [-0.15, -0.1) is 5.10 Å². The molecule has 0 aliphatic carbocycles. The first-order valence-electron chi connectivity index (χ1n) is 5.73. The summed E-state index contributed by atoms with van der Waals surface area (Å²) < 4.78 is 0. The minimum Gasteiger partial charge on any atom is -0.318 e. The van der Waals surface area contributed by atoms with Crippen LogP contribution in [0.5, 0.6) is 0 Å². The topological polar surface area (TPSA) is 83.6 Å². The molecule has 1 amide bonds. The molecule has 2 rings (SSSR count). The van der Waals surface area contributed by atoms with Gasteiger partial charge in [-0.1, -0.05) is 13.8 Å². The van der Waals surface area contributed by atoms with E-state index in [0.29, 0.717) is 11.5 Å². The molecule has 2 heterocycles. The van der Waals surface area contributed by atoms with Gasteiger partial charge in [-0.25, -0.2) is 4.98 Å². The Bertz CT molecular complexity index is 561. The molecule has 94 valence electrons. The predicted molar refractivity (Wildman–Crippen MR) is 67.4 cm³/mol. The zero-order chi connectivity index (χ0) is 13.1. The van der Waals surface area contributed by atoms with E-state index in [1.807, 2.05) is 20.8 Å². The van der Waals surface area contributed by atoms with Crippen molar-refractivity contribution in [3.63, 3.8) is 0 Å². The van der Waals surface area contributed by atoms with Crippen molar-refractivity contribution in [3.8, 4) is 0 Å². The second kappa shape index (κ2) is 4.95. The monoisotopic (exact) mass is 245 g/mol. The van der Waals surface area contributed by atoms with E-state index in [0.717, 1.165) is 5.69 Å². The van der Waals surface area contributed by atoms with Gasteiger partial charge >= 0.3 is 0 Å². The highest BCUT2D eigenvalue weighted by atomic mass is 16.2. The highest BCUT2D eigenvalue weighted by molar-refractivity contribution is 6.01. The van der Waals surface area contributed by atoms with Crippen molar-refractivity contribution in [2.45, 2.75) is 26.7 Å². The molecule has 0 atom stereocenters. The van der Waals surface area contributed by atoms with Crippen molar-refractivity contribution >= 4 is 11.6 Å². The first-order chi connectivity index (χ1) is 8.58. The Morgan fingerprint density at radius 1 is 1.44 bits per heavy atom. The molecular weight excluding hydrogens is 230 g/mol. The van der Waals surface area contributed by atoms with E-state index in [-0.39, 0.29) is 17.6 Å². The number of anilines is 1. The zero-order valence-corrected chi connectivity index (χ0v) is 10.6. The number of hydrogen-bond donors (Lipinski definition) is 2. The highest BCUT2D eigenvalue weighted by Crippen LogP contribution is 2.12. The van der Waals surface area contributed by atoms with Crippen LogP contribution in [0, 0.1) is 6.92 Å². The average Bonchev–Trinajstić information content (AvgIpc) is 2.81. The highest BCUT2D eigenvalue weighted by Gasteiger charge is 2.14. The largest absolute Gasteiger partial charge is 0.318 e. The fraction of sp³-hybridized carbons (Fsp3) is 0.333. The Kier molecular flexibility index (Phi) is 3.36. The fourth-order valence-electron chi connectivity index (χ4n) is 1.43. The number of pyridine rings is 1. The molecule has 0 aliphatic rings. The van der Waals surface area contributed by atoms with E-state index < -0.39 is 0 Å². The second-order valence-corrected chi connectivity index (χ2v) is 4.29. The van der Waals surface area contributed by atoms with E-state index in [2.05, 4.69) is 25.5 Å². The molecular formula is C12H15N5O. The number of nitrogens with zero attached hydrogens (tertiary/aromatic N) is 3. The lowest BCUT2D eigenvalue weighted by Gasteiger charge is -2.04. The zero-order valence-electron chi connectivity index (χ0n) is 10.6. The number of H-pyrrole nitrogens is 1. The van der Waals surface area contributed by atoms with Crippen LogP contribution in [0.2, 0.25) is 0 Å². The summed E-state index contributed by atoms with van der Waals surface area (Å²) >= 11 is 0. The molecule has 0 unspecified atom stereocenters. The molecule has 0 radical (unpaired) electrons. The summed E-state index contributed by atoms with van der Waals surface area (Å²) in [6.07, 6.45) is 1.68. The summed E-state index contributed by atoms with van der Waals surface area (Å²) in [4.78, 5) is 20.2. The Morgan fingerprint density at radius 2 is 2.22 bits per heavy atom. The summed E-state index contributed by atoms with van der Waals surface area (Å²) in [7, 11) is 0. The van der Waals surface area contributed by atoms with Crippen molar-refractivity contribution in [1.82, 2.24) is 20.2 Å². The van der Waals surface area contributed by atoms with Gasteiger partial charge in [0.1, 0.15) is 5.82 Å². The number of hydrogen-bond acceptors (Lipinski definition) is 4. The first-order valence-corrected chi connectivity index (χ1v) is 5.73. The Balaban J connectivity index is 2.15. The number of amides is 1. The predicted octanol–water partition coefficient (Wildman–Crippen LogP) is 1.88. The maximum Gasteiger partial charge on any atom is 0.295 e. The van der Waals surface area contributed by atoms with Crippen LogP contribution in [-0.4, -0.2) is 26.1 Å². The first kappa shape index (κ1) is 12.2. The summed E-state index contributed by atoms with van der Waals surface area (Å²) in [5.74, 6) is 0.707. The van der Waals surface area contributed by atoms with Crippen molar-refractivity contribution in [3.05, 3.63) is 35.7 Å². The molecule has 0 saturated heterocycles. The SMILES string of the molecule is Cc1ncccc1NC(=O)c1n[nH]c(C(C)C)n1. The van der Waals surface area contributed by atoms with E-state index in [4.69, 9.17) is 0 Å². The maximum absolute atomic E-state index is 11.9. The van der Waals surface area contributed by atoms with Gasteiger partial charge < -0.3 is 5.32 Å². The van der Waals surface area contributed by atoms with E-state index in [9.17, 15) is 4.79 Å². The normalized spacial score (nSPS) is 10.7. The third-order valence-electron chi connectivity index (χ3n) is 2.51. The molecule has 0 fully saturated rings. The number of rotatable bonds is 3. The Morgan fingerprint density at radius 3 is 2.83 bits per heavy atom. The van der Waals surface area contributed by atoms with Gasteiger partial charge in [0.2, 0.25) is 5.82 Å². The lowest BCUT2D eigenvalue weighted by molar-refractivity contribution is 0.101. The van der Waals surface area contributed by atoms with Gasteiger partial charge in [-0.3, -0.25) is 14.9 Å². The van der Waals surface area contributed by atoms with Crippen molar-refractivity contribution in [2.24, 2.45) is 0 Å². The molecule has 6 heteroatoms. The molecule has 0 bridgehead atoms. The summed E-state index contributed by atoms with van der Waals surface area (Å²) in [6.45, 7) is 5.79. The molecule has 2 aromatic rings. The number of aromatic amines is 1. The molecule has 18 heavy (non-hydrogen) atoms. The van der Waals surface area contributed by atoms with Gasteiger partial charge in [-0.05, 0) is 19.1 Å². The van der Waals surface area contributed by atoms with Gasteiger partial charge in [0.15, 0.2) is 0 Å². The third-order valence-corrected chi connectivity index (χ3v) is 2.51. The minimum atomic E-state index is -0.339. The van der Waals surface area contributed by atoms with Crippen LogP contribution in [0.4, 0.5) is 5.69 Å². The second-order valence-electron chi connectivity index (χ2n) is 4.29. The maximum atomic E-state index is 11.9. The van der Waals surface area contributed by atoms with Gasteiger partial charge in [0, 0.05) is 12.1 Å². The average molecular weight is 245 g/mol. The van der Waals surface area contributed by atoms with Crippen LogP contribution in [0.3, 0.4) is 0 Å². The van der Waals surface area contributed by atoms with Crippen LogP contribution in [0.1, 0.15) is 41.9 Å². The van der Waals surface area contributed by atoms with Gasteiger partial charge in [0.25, 0.3) is 5.91 Å². The number of carbonyl (C=O) groups excluding carboxylic acids is 1. The fourth-order valence-corrected chi connectivity index (χ4v) is 1.43. The number of carbonyl (C=O) groups is 1. The standard InChI is InChI=1S/C12H15N5O/c1-7(2)10-15-11(17-16-10)12(18)14-9-5-4-6-13-8(9)3/h4-7H,1-3H3,(H,14,18)(H,15,16,17). The molecule has 0 aromatic carbocycles. The van der Waals surface area contributed by atoms with Crippen LogP contribution in [-0.2, 0) is 0 Å². The molecule has 6 nitrogen and oxygen atoms in total. The molecule has 0 aliphatic heterocycles. The summed E-state index contributed by atoms with van der Waals surface area (Å²) in [6, 6.07) is 3.55. The van der Waals surface area contributed by atoms with E-state index in [1.54, 1.807) is 18.3 Å². The smallest absolute Gasteiger partial charge is 0.295 e. The third kappa shape index (κ3) is 2.53. The Hall–Kier alpha value is -2.24. The summed E-state index contributed by atoms with van der Waals surface area (Å²) in [5, 5.41) is 9.38. The molecule has 2 N–H and O–H groups in total.